The summed E-state index contributed by atoms with van der Waals surface area (Å²) < 4.78 is 5.18. The van der Waals surface area contributed by atoms with Crippen molar-refractivity contribution in [1.29, 1.82) is 0 Å². The molecule has 1 aromatic carbocycles. The molecule has 19 heavy (non-hydrogen) atoms. The fourth-order valence-electron chi connectivity index (χ4n) is 1.45. The number of methoxy groups -OCH3 is 1. The molecular weight excluding hydrogens is 287 g/mol. The molecule has 0 saturated heterocycles. The van der Waals surface area contributed by atoms with Crippen LogP contribution in [-0.4, -0.2) is 25.1 Å². The second-order valence-corrected chi connectivity index (χ2v) is 5.33. The van der Waals surface area contributed by atoms with Crippen molar-refractivity contribution in [2.45, 2.75) is 25.8 Å². The van der Waals surface area contributed by atoms with Gasteiger partial charge >= 0.3 is 0 Å². The SMILES string of the molecule is COc1ccc(Cl)cc1CC(=O)NCC(C)(C)N.Cl. The van der Waals surface area contributed by atoms with Crippen molar-refractivity contribution in [3.8, 4) is 5.75 Å². The van der Waals surface area contributed by atoms with E-state index < -0.39 is 5.54 Å². The van der Waals surface area contributed by atoms with E-state index in [9.17, 15) is 4.79 Å². The molecule has 1 rings (SSSR count). The Kier molecular flexibility index (Phi) is 7.19. The number of hydrogen-bond acceptors (Lipinski definition) is 3. The molecule has 6 heteroatoms. The number of rotatable bonds is 5. The van der Waals surface area contributed by atoms with Crippen LogP contribution in [0.4, 0.5) is 0 Å². The molecule has 0 aliphatic rings. The molecule has 0 heterocycles. The van der Waals surface area contributed by atoms with Crippen molar-refractivity contribution in [1.82, 2.24) is 5.32 Å². The van der Waals surface area contributed by atoms with Crippen molar-refractivity contribution in [3.05, 3.63) is 28.8 Å². The zero-order valence-corrected chi connectivity index (χ0v) is 12.9. The van der Waals surface area contributed by atoms with Gasteiger partial charge in [0.1, 0.15) is 5.75 Å². The zero-order chi connectivity index (χ0) is 13.8. The van der Waals surface area contributed by atoms with Crippen LogP contribution in [0.15, 0.2) is 18.2 Å². The molecule has 0 unspecified atom stereocenters. The lowest BCUT2D eigenvalue weighted by molar-refractivity contribution is -0.120. The lowest BCUT2D eigenvalue weighted by atomic mass is 10.1. The van der Waals surface area contributed by atoms with E-state index in [1.807, 2.05) is 13.8 Å². The zero-order valence-electron chi connectivity index (χ0n) is 11.3. The van der Waals surface area contributed by atoms with E-state index in [-0.39, 0.29) is 24.7 Å². The Morgan fingerprint density at radius 2 is 2.11 bits per heavy atom. The van der Waals surface area contributed by atoms with Gasteiger partial charge in [-0.3, -0.25) is 4.79 Å². The summed E-state index contributed by atoms with van der Waals surface area (Å²) in [6, 6.07) is 5.20. The minimum atomic E-state index is -0.423. The minimum Gasteiger partial charge on any atom is -0.496 e. The third kappa shape index (κ3) is 6.66. The number of benzene rings is 1. The topological polar surface area (TPSA) is 64.3 Å². The van der Waals surface area contributed by atoms with Gasteiger partial charge in [0, 0.05) is 22.7 Å². The molecule has 1 aromatic rings. The van der Waals surface area contributed by atoms with Crippen LogP contribution < -0.4 is 15.8 Å². The summed E-state index contributed by atoms with van der Waals surface area (Å²) in [4.78, 5) is 11.8. The molecule has 4 nitrogen and oxygen atoms in total. The molecule has 0 aliphatic heterocycles. The van der Waals surface area contributed by atoms with Crippen LogP contribution in [0.25, 0.3) is 0 Å². The highest BCUT2D eigenvalue weighted by molar-refractivity contribution is 6.30. The van der Waals surface area contributed by atoms with Crippen LogP contribution >= 0.6 is 24.0 Å². The Morgan fingerprint density at radius 1 is 1.47 bits per heavy atom. The van der Waals surface area contributed by atoms with Gasteiger partial charge in [0.25, 0.3) is 0 Å². The minimum absolute atomic E-state index is 0. The number of nitrogens with one attached hydrogen (secondary N) is 1. The monoisotopic (exact) mass is 306 g/mol. The Hall–Kier alpha value is -0.970. The van der Waals surface area contributed by atoms with Crippen molar-refractivity contribution < 1.29 is 9.53 Å². The molecule has 1 amide bonds. The summed E-state index contributed by atoms with van der Waals surface area (Å²) >= 11 is 5.90. The van der Waals surface area contributed by atoms with Gasteiger partial charge in [-0.05, 0) is 32.0 Å². The molecule has 0 spiro atoms. The predicted molar refractivity (Wildman–Crippen MR) is 80.2 cm³/mol. The second kappa shape index (κ2) is 7.58. The molecule has 0 aliphatic carbocycles. The summed E-state index contributed by atoms with van der Waals surface area (Å²) in [6.07, 6.45) is 0.222. The molecule has 108 valence electrons. The second-order valence-electron chi connectivity index (χ2n) is 4.90. The fourth-order valence-corrected chi connectivity index (χ4v) is 1.64. The third-order valence-corrected chi connectivity index (χ3v) is 2.57. The first kappa shape index (κ1) is 18.0. The Labute approximate surface area is 125 Å². The summed E-state index contributed by atoms with van der Waals surface area (Å²) in [7, 11) is 1.56. The summed E-state index contributed by atoms with van der Waals surface area (Å²) in [5.74, 6) is 0.552. The Morgan fingerprint density at radius 3 is 2.63 bits per heavy atom. The smallest absolute Gasteiger partial charge is 0.224 e. The average Bonchev–Trinajstić information content (AvgIpc) is 2.26. The number of halogens is 2. The van der Waals surface area contributed by atoms with Gasteiger partial charge in [0.15, 0.2) is 0 Å². The van der Waals surface area contributed by atoms with Crippen LogP contribution in [-0.2, 0) is 11.2 Å². The van der Waals surface area contributed by atoms with Crippen LogP contribution in [0.2, 0.25) is 5.02 Å². The van der Waals surface area contributed by atoms with E-state index in [2.05, 4.69) is 5.32 Å². The Balaban J connectivity index is 0.00000324. The molecule has 3 N–H and O–H groups in total. The first-order chi connectivity index (χ1) is 8.31. The molecule has 0 fully saturated rings. The first-order valence-corrected chi connectivity index (χ1v) is 6.07. The standard InChI is InChI=1S/C13H19ClN2O2.ClH/c1-13(2,15)8-16-12(17)7-9-6-10(14)4-5-11(9)18-3;/h4-6H,7-8,15H2,1-3H3,(H,16,17);1H. The number of hydrogen-bond donors (Lipinski definition) is 2. The highest BCUT2D eigenvalue weighted by atomic mass is 35.5. The van der Waals surface area contributed by atoms with E-state index in [0.717, 1.165) is 5.56 Å². The van der Waals surface area contributed by atoms with E-state index >= 15 is 0 Å². The maximum absolute atomic E-state index is 11.8. The van der Waals surface area contributed by atoms with Gasteiger partial charge in [0.05, 0.1) is 13.5 Å². The number of ether oxygens (including phenoxy) is 1. The molecular formula is C13H20Cl2N2O2. The summed E-state index contributed by atoms with van der Waals surface area (Å²) in [6.45, 7) is 4.13. The quantitative estimate of drug-likeness (QED) is 0.876. The fraction of sp³-hybridized carbons (Fsp3) is 0.462. The Bertz CT molecular complexity index is 431. The lowest BCUT2D eigenvalue weighted by Gasteiger charge is -2.19. The maximum Gasteiger partial charge on any atom is 0.224 e. The predicted octanol–water partition coefficient (Wildman–Crippen LogP) is 2.17. The highest BCUT2D eigenvalue weighted by Gasteiger charge is 2.14. The summed E-state index contributed by atoms with van der Waals surface area (Å²) in [5.41, 5.74) is 6.14. The van der Waals surface area contributed by atoms with E-state index in [0.29, 0.717) is 17.3 Å². The van der Waals surface area contributed by atoms with Crippen LogP contribution in [0, 0.1) is 0 Å². The van der Waals surface area contributed by atoms with Crippen molar-refractivity contribution >= 4 is 29.9 Å². The van der Waals surface area contributed by atoms with E-state index in [1.165, 1.54) is 0 Å². The third-order valence-electron chi connectivity index (χ3n) is 2.33. The van der Waals surface area contributed by atoms with Gasteiger partial charge in [-0.15, -0.1) is 12.4 Å². The molecule has 0 atom stereocenters. The van der Waals surface area contributed by atoms with Gasteiger partial charge in [-0.1, -0.05) is 11.6 Å². The molecule has 0 bridgehead atoms. The van der Waals surface area contributed by atoms with Gasteiger partial charge in [-0.25, -0.2) is 0 Å². The van der Waals surface area contributed by atoms with Crippen LogP contribution in [0.3, 0.4) is 0 Å². The maximum atomic E-state index is 11.8. The average molecular weight is 307 g/mol. The van der Waals surface area contributed by atoms with Crippen molar-refractivity contribution in [3.63, 3.8) is 0 Å². The molecule has 0 saturated carbocycles. The van der Waals surface area contributed by atoms with Crippen molar-refractivity contribution in [2.75, 3.05) is 13.7 Å². The van der Waals surface area contributed by atoms with Gasteiger partial charge < -0.3 is 15.8 Å². The van der Waals surface area contributed by atoms with Crippen molar-refractivity contribution in [2.24, 2.45) is 5.73 Å². The van der Waals surface area contributed by atoms with Crippen LogP contribution in [0.5, 0.6) is 5.75 Å². The van der Waals surface area contributed by atoms with Crippen LogP contribution in [0.1, 0.15) is 19.4 Å². The van der Waals surface area contributed by atoms with E-state index in [4.69, 9.17) is 22.1 Å². The van der Waals surface area contributed by atoms with Gasteiger partial charge in [-0.2, -0.15) is 0 Å². The molecule has 0 aromatic heterocycles. The summed E-state index contributed by atoms with van der Waals surface area (Å²) in [5, 5.41) is 3.36. The largest absolute Gasteiger partial charge is 0.496 e. The number of carbonyl (C=O) groups excluding carboxylic acids is 1. The molecule has 0 radical (unpaired) electrons. The highest BCUT2D eigenvalue weighted by Crippen LogP contribution is 2.22. The van der Waals surface area contributed by atoms with E-state index in [1.54, 1.807) is 25.3 Å². The van der Waals surface area contributed by atoms with Gasteiger partial charge in [0.2, 0.25) is 5.91 Å². The normalized spacial score (nSPS) is 10.6. The lowest BCUT2D eigenvalue weighted by Crippen LogP contribution is -2.45. The first-order valence-electron chi connectivity index (χ1n) is 5.70. The number of nitrogens with two attached hydrogens (primary N) is 1. The number of carbonyl (C=O) groups is 1. The number of amides is 1.